The predicted molar refractivity (Wildman–Crippen MR) is 61.1 cm³/mol. The quantitative estimate of drug-likeness (QED) is 0.716. The second kappa shape index (κ2) is 5.07. The molecule has 0 amide bonds. The number of hydrogen-bond donors (Lipinski definition) is 1. The molecule has 1 aromatic rings. The fourth-order valence-corrected chi connectivity index (χ4v) is 1.18. The van der Waals surface area contributed by atoms with Crippen LogP contribution in [0, 0.1) is 0 Å². The third-order valence-electron chi connectivity index (χ3n) is 1.92. The summed E-state index contributed by atoms with van der Waals surface area (Å²) < 4.78 is 0. The van der Waals surface area contributed by atoms with Gasteiger partial charge in [-0.2, -0.15) is 0 Å². The lowest BCUT2D eigenvalue weighted by atomic mass is 10.1. The maximum absolute atomic E-state index is 9.13. The number of hydrogen-bond acceptors (Lipinski definition) is 1. The highest BCUT2D eigenvalue weighted by Gasteiger charge is 1.95. The summed E-state index contributed by atoms with van der Waals surface area (Å²) in [6.07, 6.45) is 7.64. The summed E-state index contributed by atoms with van der Waals surface area (Å²) in [6.45, 7) is 5.60. The van der Waals surface area contributed by atoms with E-state index in [4.69, 9.17) is 5.11 Å². The van der Waals surface area contributed by atoms with E-state index in [0.717, 1.165) is 11.1 Å². The molecule has 0 aromatic heterocycles. The molecule has 0 heterocycles. The molecule has 1 heteroatoms. The van der Waals surface area contributed by atoms with E-state index in [1.165, 1.54) is 0 Å². The van der Waals surface area contributed by atoms with Crippen molar-refractivity contribution in [2.24, 2.45) is 0 Å². The van der Waals surface area contributed by atoms with Gasteiger partial charge in [-0.15, -0.1) is 0 Å². The van der Waals surface area contributed by atoms with Crippen LogP contribution >= 0.6 is 0 Å². The Kier molecular flexibility index (Phi) is 3.74. The van der Waals surface area contributed by atoms with Gasteiger partial charge in [0.25, 0.3) is 0 Å². The van der Waals surface area contributed by atoms with Gasteiger partial charge >= 0.3 is 0 Å². The number of allylic oxidation sites excluding steroid dienone is 5. The maximum Gasteiger partial charge on any atom is 0.115 e. The van der Waals surface area contributed by atoms with Crippen LogP contribution in [0.4, 0.5) is 0 Å². The Bertz CT molecular complexity index is 355. The second-order valence-corrected chi connectivity index (χ2v) is 2.89. The van der Waals surface area contributed by atoms with Gasteiger partial charge < -0.3 is 5.11 Å². The first-order chi connectivity index (χ1) is 6.77. The Labute approximate surface area is 84.7 Å². The molecule has 1 rings (SSSR count). The highest BCUT2D eigenvalue weighted by molar-refractivity contribution is 5.74. The van der Waals surface area contributed by atoms with Crippen molar-refractivity contribution in [3.63, 3.8) is 0 Å². The molecule has 1 N–H and O–H groups in total. The summed E-state index contributed by atoms with van der Waals surface area (Å²) in [5.41, 5.74) is 2.20. The van der Waals surface area contributed by atoms with Crippen LogP contribution in [-0.4, -0.2) is 5.11 Å². The monoisotopic (exact) mass is 186 g/mol. The van der Waals surface area contributed by atoms with Gasteiger partial charge in [0.05, 0.1) is 0 Å². The lowest BCUT2D eigenvalue weighted by Crippen LogP contribution is -1.78. The molecule has 14 heavy (non-hydrogen) atoms. The van der Waals surface area contributed by atoms with Crippen molar-refractivity contribution in [1.82, 2.24) is 0 Å². The van der Waals surface area contributed by atoms with Crippen LogP contribution in [0.1, 0.15) is 12.5 Å². The Morgan fingerprint density at radius 3 is 2.43 bits per heavy atom. The van der Waals surface area contributed by atoms with Gasteiger partial charge in [0.15, 0.2) is 0 Å². The highest BCUT2D eigenvalue weighted by Crippen LogP contribution is 2.18. The molecule has 1 aromatic carbocycles. The van der Waals surface area contributed by atoms with Gasteiger partial charge in [0.1, 0.15) is 5.75 Å². The van der Waals surface area contributed by atoms with Gasteiger partial charge in [0.2, 0.25) is 0 Å². The Morgan fingerprint density at radius 1 is 1.29 bits per heavy atom. The first-order valence-electron chi connectivity index (χ1n) is 4.52. The Hall–Kier alpha value is -1.76. The predicted octanol–water partition coefficient (Wildman–Crippen LogP) is 3.54. The molecule has 0 saturated carbocycles. The summed E-state index contributed by atoms with van der Waals surface area (Å²) >= 11 is 0. The first kappa shape index (κ1) is 10.3. The minimum Gasteiger partial charge on any atom is -0.508 e. The fourth-order valence-electron chi connectivity index (χ4n) is 1.18. The molecule has 72 valence electrons. The molecular weight excluding hydrogens is 172 g/mol. The van der Waals surface area contributed by atoms with Crippen molar-refractivity contribution >= 4 is 5.57 Å². The van der Waals surface area contributed by atoms with Crippen LogP contribution in [0.25, 0.3) is 5.57 Å². The normalized spacial score (nSPS) is 11.9. The molecule has 0 radical (unpaired) electrons. The first-order valence-corrected chi connectivity index (χ1v) is 4.52. The van der Waals surface area contributed by atoms with E-state index in [1.807, 2.05) is 37.3 Å². The van der Waals surface area contributed by atoms with Gasteiger partial charge in [-0.05, 0) is 30.2 Å². The topological polar surface area (TPSA) is 20.2 Å². The molecule has 0 aliphatic rings. The largest absolute Gasteiger partial charge is 0.508 e. The average Bonchev–Trinajstić information content (AvgIpc) is 2.21. The molecule has 1 nitrogen and oxygen atoms in total. The zero-order valence-electron chi connectivity index (χ0n) is 8.27. The summed E-state index contributed by atoms with van der Waals surface area (Å²) in [4.78, 5) is 0. The maximum atomic E-state index is 9.13. The molecule has 0 fully saturated rings. The van der Waals surface area contributed by atoms with Gasteiger partial charge in [-0.3, -0.25) is 0 Å². The van der Waals surface area contributed by atoms with E-state index in [-0.39, 0.29) is 5.75 Å². The van der Waals surface area contributed by atoms with Crippen molar-refractivity contribution in [3.8, 4) is 5.75 Å². The molecule has 0 saturated heterocycles. The minimum absolute atomic E-state index is 0.289. The lowest BCUT2D eigenvalue weighted by Gasteiger charge is -2.01. The van der Waals surface area contributed by atoms with E-state index in [9.17, 15) is 0 Å². The summed E-state index contributed by atoms with van der Waals surface area (Å²) in [5.74, 6) is 0.289. The lowest BCUT2D eigenvalue weighted by molar-refractivity contribution is 0.475. The molecule has 0 aliphatic heterocycles. The van der Waals surface area contributed by atoms with Crippen LogP contribution in [0.5, 0.6) is 5.75 Å². The van der Waals surface area contributed by atoms with Crippen molar-refractivity contribution in [1.29, 1.82) is 0 Å². The fraction of sp³-hybridized carbons (Fsp3) is 0.0769. The summed E-state index contributed by atoms with van der Waals surface area (Å²) in [7, 11) is 0. The van der Waals surface area contributed by atoms with Crippen LogP contribution in [0.3, 0.4) is 0 Å². The standard InChI is InChI=1S/C13H14O/c1-3-5-6-11(4-2)12-7-9-13(14)10-8-12/h3-10,14H,1H2,2H3/b6-5-,11-4+. The summed E-state index contributed by atoms with van der Waals surface area (Å²) in [5, 5.41) is 9.13. The van der Waals surface area contributed by atoms with Crippen molar-refractivity contribution in [3.05, 3.63) is 60.7 Å². The molecule has 0 unspecified atom stereocenters. The van der Waals surface area contributed by atoms with Gasteiger partial charge in [0, 0.05) is 0 Å². The summed E-state index contributed by atoms with van der Waals surface area (Å²) in [6, 6.07) is 7.14. The zero-order chi connectivity index (χ0) is 10.4. The van der Waals surface area contributed by atoms with E-state index < -0.39 is 0 Å². The minimum atomic E-state index is 0.289. The molecule has 0 aliphatic carbocycles. The smallest absolute Gasteiger partial charge is 0.115 e. The van der Waals surface area contributed by atoms with Crippen LogP contribution in [0.15, 0.2) is 55.1 Å². The molecule has 0 bridgehead atoms. The molecule has 0 atom stereocenters. The number of phenols is 1. The molecule has 0 spiro atoms. The molecular formula is C13H14O. The average molecular weight is 186 g/mol. The number of aromatic hydroxyl groups is 1. The highest BCUT2D eigenvalue weighted by atomic mass is 16.3. The van der Waals surface area contributed by atoms with Crippen molar-refractivity contribution in [2.75, 3.05) is 0 Å². The van der Waals surface area contributed by atoms with Crippen molar-refractivity contribution in [2.45, 2.75) is 6.92 Å². The SMILES string of the molecule is C=C/C=C\C(=C/C)c1ccc(O)cc1. The third kappa shape index (κ3) is 2.63. The van der Waals surface area contributed by atoms with Gasteiger partial charge in [-0.1, -0.05) is 43.0 Å². The Balaban J connectivity index is 2.96. The number of rotatable bonds is 3. The number of phenolic OH excluding ortho intramolecular Hbond substituents is 1. The van der Waals surface area contributed by atoms with Crippen LogP contribution in [0.2, 0.25) is 0 Å². The Morgan fingerprint density at radius 2 is 1.93 bits per heavy atom. The number of benzene rings is 1. The third-order valence-corrected chi connectivity index (χ3v) is 1.92. The van der Waals surface area contributed by atoms with E-state index in [2.05, 4.69) is 6.58 Å². The van der Waals surface area contributed by atoms with Crippen LogP contribution in [-0.2, 0) is 0 Å². The van der Waals surface area contributed by atoms with E-state index >= 15 is 0 Å². The van der Waals surface area contributed by atoms with Crippen LogP contribution < -0.4 is 0 Å². The van der Waals surface area contributed by atoms with Gasteiger partial charge in [-0.25, -0.2) is 0 Å². The zero-order valence-corrected chi connectivity index (χ0v) is 8.27. The van der Waals surface area contributed by atoms with E-state index in [0.29, 0.717) is 0 Å². The van der Waals surface area contributed by atoms with E-state index in [1.54, 1.807) is 18.2 Å². The second-order valence-electron chi connectivity index (χ2n) is 2.89. The van der Waals surface area contributed by atoms with Crippen molar-refractivity contribution < 1.29 is 5.11 Å².